The Morgan fingerprint density at radius 3 is 1.76 bits per heavy atom. The van der Waals surface area contributed by atoms with Crippen molar-refractivity contribution in [3.05, 3.63) is 70.8 Å². The van der Waals surface area contributed by atoms with E-state index in [0.29, 0.717) is 11.8 Å². The molecule has 0 spiro atoms. The van der Waals surface area contributed by atoms with Gasteiger partial charge in [0.2, 0.25) is 0 Å². The van der Waals surface area contributed by atoms with Crippen LogP contribution in [0.2, 0.25) is 0 Å². The molecule has 112 valence electrons. The average Bonchev–Trinajstić information content (AvgIpc) is 2.47. The van der Waals surface area contributed by atoms with E-state index < -0.39 is 0 Å². The van der Waals surface area contributed by atoms with Crippen LogP contribution in [0, 0.1) is 0 Å². The van der Waals surface area contributed by atoms with Gasteiger partial charge in [0.15, 0.2) is 0 Å². The Labute approximate surface area is 130 Å². The molecule has 0 amide bonds. The summed E-state index contributed by atoms with van der Waals surface area (Å²) in [7, 11) is 0. The normalized spacial score (nSPS) is 12.2. The molecule has 0 saturated heterocycles. The van der Waals surface area contributed by atoms with Crippen molar-refractivity contribution >= 4 is 0 Å². The van der Waals surface area contributed by atoms with Gasteiger partial charge in [0, 0.05) is 5.41 Å². The van der Waals surface area contributed by atoms with Gasteiger partial charge >= 0.3 is 0 Å². The van der Waals surface area contributed by atoms with E-state index in [1.807, 2.05) is 0 Å². The van der Waals surface area contributed by atoms with E-state index >= 15 is 0 Å². The maximum absolute atomic E-state index is 2.36. The lowest BCUT2D eigenvalue weighted by atomic mass is 9.77. The first-order valence-electron chi connectivity index (χ1n) is 8.03. The number of benzene rings is 2. The Bertz CT molecular complexity index is 586. The number of rotatable bonds is 4. The Hall–Kier alpha value is -1.56. The van der Waals surface area contributed by atoms with Crippen LogP contribution in [-0.4, -0.2) is 0 Å². The van der Waals surface area contributed by atoms with E-state index in [4.69, 9.17) is 0 Å². The van der Waals surface area contributed by atoms with Crippen LogP contribution in [0.1, 0.15) is 75.6 Å². The predicted octanol–water partition coefficient (Wildman–Crippen LogP) is 6.26. The lowest BCUT2D eigenvalue weighted by Crippen LogP contribution is -2.19. The molecule has 2 rings (SSSR count). The molecule has 0 heterocycles. The van der Waals surface area contributed by atoms with Crippen molar-refractivity contribution < 1.29 is 0 Å². The smallest absolute Gasteiger partial charge is 0.0146 e. The molecule has 0 aliphatic rings. The minimum absolute atomic E-state index is 0.0421. The zero-order valence-electron chi connectivity index (χ0n) is 14.3. The largest absolute Gasteiger partial charge is 0.0617 e. The van der Waals surface area contributed by atoms with Crippen LogP contribution in [0.4, 0.5) is 0 Å². The highest BCUT2D eigenvalue weighted by molar-refractivity contribution is 5.41. The SMILES string of the molecule is CC(C)c1ccc(C(C)(C)c2cccc(C(C)C)c2)cc1. The molecule has 0 radical (unpaired) electrons. The molecule has 0 saturated carbocycles. The molecular weight excluding hydrogens is 252 g/mol. The van der Waals surface area contributed by atoms with Gasteiger partial charge in [-0.2, -0.15) is 0 Å². The second-order valence-corrected chi connectivity index (χ2v) is 7.18. The van der Waals surface area contributed by atoms with Crippen LogP contribution < -0.4 is 0 Å². The summed E-state index contributed by atoms with van der Waals surface area (Å²) < 4.78 is 0. The fourth-order valence-electron chi connectivity index (χ4n) is 2.74. The van der Waals surface area contributed by atoms with Crippen LogP contribution in [0.3, 0.4) is 0 Å². The fraction of sp³-hybridized carbons (Fsp3) is 0.429. The van der Waals surface area contributed by atoms with Crippen LogP contribution in [0.15, 0.2) is 48.5 Å². The van der Waals surface area contributed by atoms with Gasteiger partial charge in [-0.25, -0.2) is 0 Å². The van der Waals surface area contributed by atoms with Gasteiger partial charge in [-0.1, -0.05) is 90.1 Å². The first-order chi connectivity index (χ1) is 9.82. The molecule has 0 N–H and O–H groups in total. The quantitative estimate of drug-likeness (QED) is 0.620. The maximum Gasteiger partial charge on any atom is 0.0146 e. The number of hydrogen-bond donors (Lipinski definition) is 0. The van der Waals surface area contributed by atoms with Crippen molar-refractivity contribution in [2.24, 2.45) is 0 Å². The van der Waals surface area contributed by atoms with Crippen molar-refractivity contribution in [1.82, 2.24) is 0 Å². The van der Waals surface area contributed by atoms with Crippen molar-refractivity contribution in [3.63, 3.8) is 0 Å². The van der Waals surface area contributed by atoms with Crippen LogP contribution in [0.5, 0.6) is 0 Å². The minimum Gasteiger partial charge on any atom is -0.0617 e. The van der Waals surface area contributed by atoms with Crippen LogP contribution in [-0.2, 0) is 5.41 Å². The monoisotopic (exact) mass is 280 g/mol. The highest BCUT2D eigenvalue weighted by Gasteiger charge is 2.23. The van der Waals surface area contributed by atoms with Gasteiger partial charge in [0.25, 0.3) is 0 Å². The molecule has 0 nitrogen and oxygen atoms in total. The molecule has 0 atom stereocenters. The predicted molar refractivity (Wildman–Crippen MR) is 93.2 cm³/mol. The summed E-state index contributed by atoms with van der Waals surface area (Å²) in [5, 5.41) is 0. The molecule has 0 heteroatoms. The van der Waals surface area contributed by atoms with Crippen LogP contribution >= 0.6 is 0 Å². The molecule has 0 aliphatic carbocycles. The molecule has 0 unspecified atom stereocenters. The zero-order valence-corrected chi connectivity index (χ0v) is 14.3. The second-order valence-electron chi connectivity index (χ2n) is 7.18. The summed E-state index contributed by atoms with van der Waals surface area (Å²) in [5.74, 6) is 1.16. The Balaban J connectivity index is 2.38. The topological polar surface area (TPSA) is 0 Å². The highest BCUT2D eigenvalue weighted by Crippen LogP contribution is 2.33. The van der Waals surface area contributed by atoms with E-state index in [2.05, 4.69) is 90.1 Å². The minimum atomic E-state index is 0.0421. The van der Waals surface area contributed by atoms with E-state index in [0.717, 1.165) is 0 Å². The molecule has 0 aromatic heterocycles. The molecule has 2 aromatic carbocycles. The first kappa shape index (κ1) is 15.8. The summed E-state index contributed by atoms with van der Waals surface area (Å²) in [6, 6.07) is 18.2. The summed E-state index contributed by atoms with van der Waals surface area (Å²) in [6.07, 6.45) is 0. The Morgan fingerprint density at radius 1 is 0.667 bits per heavy atom. The van der Waals surface area contributed by atoms with E-state index in [1.54, 1.807) is 0 Å². The summed E-state index contributed by atoms with van der Waals surface area (Å²) in [5.41, 5.74) is 5.64. The van der Waals surface area contributed by atoms with Gasteiger partial charge in [-0.3, -0.25) is 0 Å². The van der Waals surface area contributed by atoms with Gasteiger partial charge in [0.1, 0.15) is 0 Å². The van der Waals surface area contributed by atoms with E-state index in [-0.39, 0.29) is 5.41 Å². The summed E-state index contributed by atoms with van der Waals surface area (Å²) in [6.45, 7) is 13.6. The fourth-order valence-corrected chi connectivity index (χ4v) is 2.74. The molecule has 21 heavy (non-hydrogen) atoms. The van der Waals surface area contributed by atoms with Gasteiger partial charge in [-0.15, -0.1) is 0 Å². The summed E-state index contributed by atoms with van der Waals surface area (Å²) in [4.78, 5) is 0. The summed E-state index contributed by atoms with van der Waals surface area (Å²) >= 11 is 0. The molecule has 2 aromatic rings. The third-order valence-electron chi connectivity index (χ3n) is 4.57. The molecule has 0 aliphatic heterocycles. The van der Waals surface area contributed by atoms with Crippen molar-refractivity contribution in [2.75, 3.05) is 0 Å². The first-order valence-corrected chi connectivity index (χ1v) is 8.03. The maximum atomic E-state index is 2.36. The standard InChI is InChI=1S/C21H28/c1-15(2)17-10-12-19(13-11-17)21(5,6)20-9-7-8-18(14-20)16(3)4/h7-16H,1-6H3. The highest BCUT2D eigenvalue weighted by atomic mass is 14.3. The zero-order chi connectivity index (χ0) is 15.6. The van der Waals surface area contributed by atoms with Gasteiger partial charge < -0.3 is 0 Å². The second kappa shape index (κ2) is 6.05. The lowest BCUT2D eigenvalue weighted by Gasteiger charge is -2.27. The Morgan fingerprint density at radius 2 is 1.24 bits per heavy atom. The molecule has 0 fully saturated rings. The van der Waals surface area contributed by atoms with Crippen molar-refractivity contribution in [1.29, 1.82) is 0 Å². The van der Waals surface area contributed by atoms with Crippen LogP contribution in [0.25, 0.3) is 0 Å². The third-order valence-corrected chi connectivity index (χ3v) is 4.57. The Kier molecular flexibility index (Phi) is 4.56. The average molecular weight is 280 g/mol. The van der Waals surface area contributed by atoms with Gasteiger partial charge in [0.05, 0.1) is 0 Å². The molecule has 0 bridgehead atoms. The lowest BCUT2D eigenvalue weighted by molar-refractivity contribution is 0.637. The van der Waals surface area contributed by atoms with Gasteiger partial charge in [-0.05, 0) is 34.1 Å². The van der Waals surface area contributed by atoms with E-state index in [9.17, 15) is 0 Å². The molecular formula is C21H28. The van der Waals surface area contributed by atoms with Crippen molar-refractivity contribution in [2.45, 2.75) is 58.8 Å². The number of hydrogen-bond acceptors (Lipinski definition) is 0. The third kappa shape index (κ3) is 3.37. The van der Waals surface area contributed by atoms with Crippen molar-refractivity contribution in [3.8, 4) is 0 Å². The van der Waals surface area contributed by atoms with E-state index in [1.165, 1.54) is 22.3 Å².